The van der Waals surface area contributed by atoms with Gasteiger partial charge in [-0.25, -0.2) is 0 Å². The molecule has 120 valence electrons. The van der Waals surface area contributed by atoms with E-state index >= 15 is 0 Å². The highest BCUT2D eigenvalue weighted by molar-refractivity contribution is 5.79. The standard InChI is InChI=1S/C18H27N3O/c1-14(13-19-16-5-3-2-4-6-16)20-18(22)15-9-11-21(12-10-15)17-7-8-17/h2-6,14-15,17,19H,7-13H2,1H3,(H,20,22). The first-order valence-electron chi connectivity index (χ1n) is 8.55. The van der Waals surface area contributed by atoms with Crippen molar-refractivity contribution in [2.45, 2.75) is 44.7 Å². The number of amides is 1. The van der Waals surface area contributed by atoms with Crippen LogP contribution in [0.4, 0.5) is 5.69 Å². The zero-order valence-corrected chi connectivity index (χ0v) is 13.4. The van der Waals surface area contributed by atoms with E-state index in [1.807, 2.05) is 30.3 Å². The van der Waals surface area contributed by atoms with Crippen LogP contribution in [0.15, 0.2) is 30.3 Å². The number of para-hydroxylation sites is 1. The molecule has 22 heavy (non-hydrogen) atoms. The van der Waals surface area contributed by atoms with Crippen molar-refractivity contribution in [3.8, 4) is 0 Å². The Morgan fingerprint density at radius 3 is 2.50 bits per heavy atom. The van der Waals surface area contributed by atoms with Crippen LogP contribution in [0.3, 0.4) is 0 Å². The van der Waals surface area contributed by atoms with E-state index in [4.69, 9.17) is 0 Å². The van der Waals surface area contributed by atoms with E-state index in [1.54, 1.807) is 0 Å². The summed E-state index contributed by atoms with van der Waals surface area (Å²) in [6, 6.07) is 11.1. The van der Waals surface area contributed by atoms with Crippen LogP contribution in [-0.2, 0) is 4.79 Å². The zero-order chi connectivity index (χ0) is 15.4. The van der Waals surface area contributed by atoms with Crippen LogP contribution in [0.1, 0.15) is 32.6 Å². The molecule has 1 unspecified atom stereocenters. The number of nitrogens with zero attached hydrogens (tertiary/aromatic N) is 1. The predicted molar refractivity (Wildman–Crippen MR) is 89.9 cm³/mol. The molecule has 0 bridgehead atoms. The van der Waals surface area contributed by atoms with Crippen LogP contribution in [0.25, 0.3) is 0 Å². The number of benzene rings is 1. The molecule has 1 heterocycles. The van der Waals surface area contributed by atoms with Crippen LogP contribution in [-0.4, -0.2) is 42.5 Å². The Kier molecular flexibility index (Phi) is 4.98. The molecular formula is C18H27N3O. The molecule has 4 nitrogen and oxygen atoms in total. The highest BCUT2D eigenvalue weighted by Gasteiger charge is 2.33. The number of hydrogen-bond donors (Lipinski definition) is 2. The summed E-state index contributed by atoms with van der Waals surface area (Å²) < 4.78 is 0. The maximum Gasteiger partial charge on any atom is 0.223 e. The van der Waals surface area contributed by atoms with Gasteiger partial charge in [-0.15, -0.1) is 0 Å². The highest BCUT2D eigenvalue weighted by atomic mass is 16.1. The first-order chi connectivity index (χ1) is 10.7. The molecule has 0 spiro atoms. The van der Waals surface area contributed by atoms with Gasteiger partial charge >= 0.3 is 0 Å². The van der Waals surface area contributed by atoms with E-state index in [0.29, 0.717) is 0 Å². The minimum Gasteiger partial charge on any atom is -0.383 e. The first kappa shape index (κ1) is 15.3. The van der Waals surface area contributed by atoms with Gasteiger partial charge in [-0.1, -0.05) is 18.2 Å². The first-order valence-corrected chi connectivity index (χ1v) is 8.55. The number of hydrogen-bond acceptors (Lipinski definition) is 3. The fourth-order valence-corrected chi connectivity index (χ4v) is 3.21. The van der Waals surface area contributed by atoms with E-state index in [1.165, 1.54) is 12.8 Å². The number of rotatable bonds is 6. The van der Waals surface area contributed by atoms with Crippen molar-refractivity contribution >= 4 is 11.6 Å². The van der Waals surface area contributed by atoms with Gasteiger partial charge in [0.1, 0.15) is 0 Å². The largest absolute Gasteiger partial charge is 0.383 e. The molecule has 1 aliphatic heterocycles. The van der Waals surface area contributed by atoms with Gasteiger partial charge in [0.05, 0.1) is 0 Å². The maximum atomic E-state index is 12.4. The van der Waals surface area contributed by atoms with Crippen LogP contribution in [0.5, 0.6) is 0 Å². The van der Waals surface area contributed by atoms with Crippen molar-refractivity contribution in [3.63, 3.8) is 0 Å². The Hall–Kier alpha value is -1.55. The molecule has 2 N–H and O–H groups in total. The van der Waals surface area contributed by atoms with Crippen molar-refractivity contribution in [2.24, 2.45) is 5.92 Å². The van der Waals surface area contributed by atoms with Crippen molar-refractivity contribution in [3.05, 3.63) is 30.3 Å². The smallest absolute Gasteiger partial charge is 0.223 e. The monoisotopic (exact) mass is 301 g/mol. The normalized spacial score (nSPS) is 21.3. The average Bonchev–Trinajstić information content (AvgIpc) is 3.39. The Balaban J connectivity index is 1.37. The van der Waals surface area contributed by atoms with E-state index < -0.39 is 0 Å². The second-order valence-electron chi connectivity index (χ2n) is 6.70. The number of carbonyl (C=O) groups excluding carboxylic acids is 1. The van der Waals surface area contributed by atoms with Gasteiger partial charge < -0.3 is 15.5 Å². The minimum atomic E-state index is 0.147. The van der Waals surface area contributed by atoms with E-state index in [-0.39, 0.29) is 17.9 Å². The SMILES string of the molecule is CC(CNc1ccccc1)NC(=O)C1CCN(C2CC2)CC1. The Labute approximate surface area is 133 Å². The molecule has 1 saturated carbocycles. The third kappa shape index (κ3) is 4.23. The van der Waals surface area contributed by atoms with Gasteiger partial charge in [-0.3, -0.25) is 4.79 Å². The second kappa shape index (κ2) is 7.14. The van der Waals surface area contributed by atoms with Gasteiger partial charge in [-0.05, 0) is 57.8 Å². The molecule has 1 aliphatic carbocycles. The lowest BCUT2D eigenvalue weighted by molar-refractivity contribution is -0.127. The van der Waals surface area contributed by atoms with Gasteiger partial charge in [0, 0.05) is 30.2 Å². The number of carbonyl (C=O) groups is 1. The Morgan fingerprint density at radius 2 is 1.86 bits per heavy atom. The molecule has 1 aromatic carbocycles. The second-order valence-corrected chi connectivity index (χ2v) is 6.70. The molecule has 1 atom stereocenters. The number of likely N-dealkylation sites (tertiary alicyclic amines) is 1. The summed E-state index contributed by atoms with van der Waals surface area (Å²) in [6.45, 7) is 5.02. The van der Waals surface area contributed by atoms with Crippen molar-refractivity contribution in [2.75, 3.05) is 25.0 Å². The van der Waals surface area contributed by atoms with Crippen molar-refractivity contribution in [1.29, 1.82) is 0 Å². The molecule has 2 aliphatic rings. The Morgan fingerprint density at radius 1 is 1.18 bits per heavy atom. The van der Waals surface area contributed by atoms with Crippen LogP contribution >= 0.6 is 0 Å². The number of anilines is 1. The number of piperidine rings is 1. The van der Waals surface area contributed by atoms with E-state index in [9.17, 15) is 4.79 Å². The van der Waals surface area contributed by atoms with E-state index in [0.717, 1.165) is 44.2 Å². The number of nitrogens with one attached hydrogen (secondary N) is 2. The summed E-state index contributed by atoms with van der Waals surface area (Å²) in [5.74, 6) is 0.437. The van der Waals surface area contributed by atoms with Gasteiger partial charge in [0.25, 0.3) is 0 Å². The van der Waals surface area contributed by atoms with Crippen molar-refractivity contribution < 1.29 is 4.79 Å². The van der Waals surface area contributed by atoms with Gasteiger partial charge in [-0.2, -0.15) is 0 Å². The van der Waals surface area contributed by atoms with Crippen LogP contribution < -0.4 is 10.6 Å². The van der Waals surface area contributed by atoms with Crippen molar-refractivity contribution in [1.82, 2.24) is 10.2 Å². The lowest BCUT2D eigenvalue weighted by Gasteiger charge is -2.31. The average molecular weight is 301 g/mol. The maximum absolute atomic E-state index is 12.4. The molecule has 0 radical (unpaired) electrons. The molecule has 2 fully saturated rings. The molecule has 0 aromatic heterocycles. The van der Waals surface area contributed by atoms with Gasteiger partial charge in [0.15, 0.2) is 0 Å². The molecule has 1 saturated heterocycles. The topological polar surface area (TPSA) is 44.4 Å². The van der Waals surface area contributed by atoms with Crippen LogP contribution in [0.2, 0.25) is 0 Å². The fraction of sp³-hybridized carbons (Fsp3) is 0.611. The highest BCUT2D eigenvalue weighted by Crippen LogP contribution is 2.30. The Bertz CT molecular complexity index is 478. The summed E-state index contributed by atoms with van der Waals surface area (Å²) >= 11 is 0. The summed E-state index contributed by atoms with van der Waals surface area (Å²) in [5.41, 5.74) is 1.10. The van der Waals surface area contributed by atoms with Crippen LogP contribution in [0, 0.1) is 5.92 Å². The summed E-state index contributed by atoms with van der Waals surface area (Å²) in [7, 11) is 0. The third-order valence-electron chi connectivity index (χ3n) is 4.74. The summed E-state index contributed by atoms with van der Waals surface area (Å²) in [4.78, 5) is 14.9. The lowest BCUT2D eigenvalue weighted by Crippen LogP contribution is -2.45. The predicted octanol–water partition coefficient (Wildman–Crippen LogP) is 2.48. The zero-order valence-electron chi connectivity index (χ0n) is 13.4. The summed E-state index contributed by atoms with van der Waals surface area (Å²) in [6.07, 6.45) is 4.75. The lowest BCUT2D eigenvalue weighted by atomic mass is 9.95. The molecule has 1 amide bonds. The van der Waals surface area contributed by atoms with Gasteiger partial charge in [0.2, 0.25) is 5.91 Å². The molecule has 1 aromatic rings. The molecule has 4 heteroatoms. The third-order valence-corrected chi connectivity index (χ3v) is 4.74. The quantitative estimate of drug-likeness (QED) is 0.848. The molecular weight excluding hydrogens is 274 g/mol. The molecule has 3 rings (SSSR count). The fourth-order valence-electron chi connectivity index (χ4n) is 3.21. The summed E-state index contributed by atoms with van der Waals surface area (Å²) in [5, 5.41) is 6.52. The minimum absolute atomic E-state index is 0.147. The van der Waals surface area contributed by atoms with E-state index in [2.05, 4.69) is 22.5 Å².